The van der Waals surface area contributed by atoms with Gasteiger partial charge in [0.05, 0.1) is 6.04 Å². The number of aliphatic hydroxyl groups excluding tert-OH is 1. The smallest absolute Gasteiger partial charge is 0.396 e. The molecule has 0 spiro atoms. The fourth-order valence-electron chi connectivity index (χ4n) is 2.67. The van der Waals surface area contributed by atoms with Crippen molar-refractivity contribution < 1.29 is 23.1 Å². The fourth-order valence-corrected chi connectivity index (χ4v) is 2.67. The maximum atomic E-state index is 12.4. The minimum Gasteiger partial charge on any atom is -0.396 e. The summed E-state index contributed by atoms with van der Waals surface area (Å²) in [5.74, 6) is -0.531. The van der Waals surface area contributed by atoms with Crippen LogP contribution in [0.5, 0.6) is 0 Å². The number of alkyl halides is 3. The van der Waals surface area contributed by atoms with Crippen LogP contribution in [0.1, 0.15) is 24.4 Å². The quantitative estimate of drug-likeness (QED) is 0.842. The summed E-state index contributed by atoms with van der Waals surface area (Å²) in [5, 5.41) is 12.2. The Bertz CT molecular complexity index is 493. The van der Waals surface area contributed by atoms with E-state index in [1.54, 1.807) is 0 Å². The van der Waals surface area contributed by atoms with E-state index < -0.39 is 24.7 Å². The summed E-state index contributed by atoms with van der Waals surface area (Å²) in [4.78, 5) is 12.9. The zero-order chi connectivity index (χ0) is 16.2. The number of hydrogen-bond acceptors (Lipinski definition) is 3. The molecule has 0 bridgehead atoms. The predicted molar refractivity (Wildman–Crippen MR) is 75.1 cm³/mol. The molecule has 7 heteroatoms. The van der Waals surface area contributed by atoms with Crippen LogP contribution in [0.2, 0.25) is 0 Å². The van der Waals surface area contributed by atoms with Crippen LogP contribution in [0.15, 0.2) is 30.3 Å². The van der Waals surface area contributed by atoms with Crippen molar-refractivity contribution in [3.05, 3.63) is 35.9 Å². The Morgan fingerprint density at radius 2 is 2.00 bits per heavy atom. The van der Waals surface area contributed by atoms with Gasteiger partial charge >= 0.3 is 6.18 Å². The van der Waals surface area contributed by atoms with Crippen LogP contribution < -0.4 is 5.32 Å². The van der Waals surface area contributed by atoms with Crippen LogP contribution in [0, 0.1) is 0 Å². The van der Waals surface area contributed by atoms with Crippen LogP contribution in [0.3, 0.4) is 0 Å². The first-order chi connectivity index (χ1) is 10.4. The van der Waals surface area contributed by atoms with Gasteiger partial charge in [-0.2, -0.15) is 13.2 Å². The first-order valence-corrected chi connectivity index (χ1v) is 7.18. The Kier molecular flexibility index (Phi) is 5.42. The molecule has 2 atom stereocenters. The molecule has 0 aromatic heterocycles. The number of likely N-dealkylation sites (tertiary alicyclic amines) is 1. The topological polar surface area (TPSA) is 52.6 Å². The highest BCUT2D eigenvalue weighted by Gasteiger charge is 2.39. The number of carbonyl (C=O) groups is 1. The Morgan fingerprint density at radius 1 is 1.32 bits per heavy atom. The number of hydrogen-bond donors (Lipinski definition) is 2. The van der Waals surface area contributed by atoms with E-state index in [0.29, 0.717) is 12.8 Å². The second-order valence-corrected chi connectivity index (χ2v) is 5.36. The molecule has 1 saturated heterocycles. The van der Waals surface area contributed by atoms with Crippen molar-refractivity contribution in [2.45, 2.75) is 31.1 Å². The summed E-state index contributed by atoms with van der Waals surface area (Å²) in [7, 11) is 0. The van der Waals surface area contributed by atoms with Crippen molar-refractivity contribution >= 4 is 5.91 Å². The number of rotatable bonds is 6. The maximum absolute atomic E-state index is 12.4. The standard InChI is InChI=1S/C15H19F3N2O2/c16-15(17,18)10-20-8-6-13(14(20)22)19-12(7-9-21)11-4-2-1-3-5-11/h1-5,12-13,19,21H,6-10H2. The normalized spacial score (nSPS) is 20.5. The van der Waals surface area contributed by atoms with Crippen LogP contribution in [0.25, 0.3) is 0 Å². The number of halogens is 3. The molecular weight excluding hydrogens is 297 g/mol. The van der Waals surface area contributed by atoms with Gasteiger partial charge in [-0.3, -0.25) is 10.1 Å². The number of nitrogens with zero attached hydrogens (tertiary/aromatic N) is 1. The molecule has 4 nitrogen and oxygen atoms in total. The third kappa shape index (κ3) is 4.45. The first kappa shape index (κ1) is 16.8. The van der Waals surface area contributed by atoms with Crippen molar-refractivity contribution in [3.8, 4) is 0 Å². The first-order valence-electron chi connectivity index (χ1n) is 7.18. The highest BCUT2D eigenvalue weighted by molar-refractivity contribution is 5.84. The Labute approximate surface area is 126 Å². The summed E-state index contributed by atoms with van der Waals surface area (Å²) in [6.07, 6.45) is -3.65. The Morgan fingerprint density at radius 3 is 2.59 bits per heavy atom. The van der Waals surface area contributed by atoms with Crippen LogP contribution in [0.4, 0.5) is 13.2 Å². The van der Waals surface area contributed by atoms with E-state index in [-0.39, 0.29) is 19.2 Å². The van der Waals surface area contributed by atoms with Crippen LogP contribution in [-0.2, 0) is 4.79 Å². The van der Waals surface area contributed by atoms with E-state index in [0.717, 1.165) is 10.5 Å². The van der Waals surface area contributed by atoms with Gasteiger partial charge in [-0.1, -0.05) is 30.3 Å². The molecule has 1 aromatic carbocycles. The highest BCUT2D eigenvalue weighted by atomic mass is 19.4. The summed E-state index contributed by atoms with van der Waals surface area (Å²) in [6.45, 7) is -1.18. The van der Waals surface area contributed by atoms with Gasteiger partial charge in [0.25, 0.3) is 0 Å². The van der Waals surface area contributed by atoms with Gasteiger partial charge in [0, 0.05) is 19.2 Å². The molecule has 1 amide bonds. The van der Waals surface area contributed by atoms with E-state index in [9.17, 15) is 18.0 Å². The van der Waals surface area contributed by atoms with Crippen molar-refractivity contribution in [1.82, 2.24) is 10.2 Å². The second-order valence-electron chi connectivity index (χ2n) is 5.36. The van der Waals surface area contributed by atoms with Crippen LogP contribution in [-0.4, -0.2) is 47.8 Å². The summed E-state index contributed by atoms with van der Waals surface area (Å²) >= 11 is 0. The molecule has 22 heavy (non-hydrogen) atoms. The minimum atomic E-state index is -4.38. The lowest BCUT2D eigenvalue weighted by atomic mass is 10.0. The summed E-state index contributed by atoms with van der Waals surface area (Å²) in [6, 6.07) is 8.36. The molecule has 1 heterocycles. The number of amides is 1. The SMILES string of the molecule is O=C1C(NC(CCO)c2ccccc2)CCN1CC(F)(F)F. The summed E-state index contributed by atoms with van der Waals surface area (Å²) in [5.41, 5.74) is 0.902. The average Bonchev–Trinajstić information content (AvgIpc) is 2.79. The molecule has 1 fully saturated rings. The third-order valence-electron chi connectivity index (χ3n) is 3.69. The van der Waals surface area contributed by atoms with Crippen molar-refractivity contribution in [3.63, 3.8) is 0 Å². The molecule has 1 aromatic rings. The van der Waals surface area contributed by atoms with Crippen molar-refractivity contribution in [1.29, 1.82) is 0 Å². The molecular formula is C15H19F3N2O2. The third-order valence-corrected chi connectivity index (χ3v) is 3.69. The molecule has 1 aliphatic heterocycles. The molecule has 2 N–H and O–H groups in total. The lowest BCUT2D eigenvalue weighted by Crippen LogP contribution is -2.43. The van der Waals surface area contributed by atoms with Crippen molar-refractivity contribution in [2.75, 3.05) is 19.7 Å². The lowest BCUT2D eigenvalue weighted by Gasteiger charge is -2.23. The van der Waals surface area contributed by atoms with Gasteiger partial charge in [-0.15, -0.1) is 0 Å². The molecule has 0 radical (unpaired) electrons. The van der Waals surface area contributed by atoms with E-state index in [2.05, 4.69) is 5.32 Å². The minimum absolute atomic E-state index is 0.0697. The maximum Gasteiger partial charge on any atom is 0.406 e. The van der Waals surface area contributed by atoms with Gasteiger partial charge < -0.3 is 10.0 Å². The van der Waals surface area contributed by atoms with Crippen LogP contribution >= 0.6 is 0 Å². The average molecular weight is 316 g/mol. The van der Waals surface area contributed by atoms with E-state index in [1.165, 1.54) is 0 Å². The lowest BCUT2D eigenvalue weighted by molar-refractivity contribution is -0.158. The predicted octanol–water partition coefficient (Wildman–Crippen LogP) is 1.86. The molecule has 0 aliphatic carbocycles. The number of carbonyl (C=O) groups excluding carboxylic acids is 1. The zero-order valence-electron chi connectivity index (χ0n) is 12.0. The van der Waals surface area contributed by atoms with E-state index in [1.807, 2.05) is 30.3 Å². The Balaban J connectivity index is 2.01. The number of nitrogens with one attached hydrogen (secondary N) is 1. The number of benzene rings is 1. The highest BCUT2D eigenvalue weighted by Crippen LogP contribution is 2.23. The van der Waals surface area contributed by atoms with Gasteiger partial charge in [0.1, 0.15) is 6.54 Å². The number of aliphatic hydroxyl groups is 1. The van der Waals surface area contributed by atoms with Gasteiger partial charge in [0.15, 0.2) is 0 Å². The van der Waals surface area contributed by atoms with Gasteiger partial charge in [0.2, 0.25) is 5.91 Å². The molecule has 0 saturated carbocycles. The molecule has 2 rings (SSSR count). The largest absolute Gasteiger partial charge is 0.406 e. The van der Waals surface area contributed by atoms with Gasteiger partial charge in [-0.25, -0.2) is 0 Å². The van der Waals surface area contributed by atoms with Crippen molar-refractivity contribution in [2.24, 2.45) is 0 Å². The Hall–Kier alpha value is -1.60. The fraction of sp³-hybridized carbons (Fsp3) is 0.533. The summed E-state index contributed by atoms with van der Waals surface area (Å²) < 4.78 is 37.2. The van der Waals surface area contributed by atoms with Gasteiger partial charge in [-0.05, 0) is 18.4 Å². The van der Waals surface area contributed by atoms with E-state index >= 15 is 0 Å². The monoisotopic (exact) mass is 316 g/mol. The molecule has 2 unspecified atom stereocenters. The molecule has 122 valence electrons. The second kappa shape index (κ2) is 7.11. The zero-order valence-corrected chi connectivity index (χ0v) is 12.0. The van der Waals surface area contributed by atoms with E-state index in [4.69, 9.17) is 5.11 Å². The molecule has 1 aliphatic rings.